The number of aliphatic hydroxyl groups is 2. The third-order valence-corrected chi connectivity index (χ3v) is 9.77. The van der Waals surface area contributed by atoms with E-state index in [-0.39, 0.29) is 44.6 Å². The molecular formula is C45H79N3O6. The number of allylic oxidation sites excluding steroid dienone is 8. The normalized spacial score (nSPS) is 17.0. The van der Waals surface area contributed by atoms with E-state index in [2.05, 4.69) is 73.1 Å². The van der Waals surface area contributed by atoms with Crippen LogP contribution in [0.25, 0.3) is 0 Å². The van der Waals surface area contributed by atoms with E-state index in [9.17, 15) is 24.6 Å². The highest BCUT2D eigenvalue weighted by atomic mass is 16.5. The molecule has 1 aliphatic heterocycles. The van der Waals surface area contributed by atoms with Crippen molar-refractivity contribution in [2.45, 2.75) is 186 Å². The van der Waals surface area contributed by atoms with Gasteiger partial charge in [-0.15, -0.1) is 0 Å². The smallest absolute Gasteiger partial charge is 0.330 e. The van der Waals surface area contributed by atoms with Gasteiger partial charge in [-0.05, 0) is 77.0 Å². The van der Waals surface area contributed by atoms with Crippen LogP contribution in [0.2, 0.25) is 0 Å². The lowest BCUT2D eigenvalue weighted by Crippen LogP contribution is -2.50. The average Bonchev–Trinajstić information content (AvgIpc) is 3.47. The summed E-state index contributed by atoms with van der Waals surface area (Å²) in [5, 5.41) is 25.1. The van der Waals surface area contributed by atoms with Crippen LogP contribution in [0.4, 0.5) is 0 Å². The van der Waals surface area contributed by atoms with Crippen LogP contribution in [-0.4, -0.2) is 83.9 Å². The number of hydrogen-bond acceptors (Lipinski definition) is 7. The number of β-amino-alcohol motifs (C(OH)–C–C–N with tert-alkyl or cyclic N) is 2. The number of nitrogens with zero attached hydrogens (tertiary/aromatic N) is 1. The standard InChI is InChI=1S/C45H79N3O6/c1-3-5-7-9-11-13-15-17-19-21-23-25-27-29-31-33-35-54-45(53)40(36-46-44(52)39-48-37-41(49)42(50)38-48)47-43(51)34-32-30-28-26-24-22-20-18-16-14-12-10-8-6-4-2/h11-14,17-20,40-42,49-50H,3-10,15-16,21-39H2,1-2H3,(H,46,52)(H,47,51)/b13-11-,14-12-,19-17-,20-18-/t40-,41-,42+/m0/s1. The molecule has 0 aromatic rings. The number of unbranched alkanes of at least 4 members (excludes halogenated alkanes) is 17. The number of likely N-dealkylation sites (tertiary alicyclic amines) is 1. The number of carbonyl (C=O) groups excluding carboxylic acids is 3. The Morgan fingerprint density at radius 2 is 1.06 bits per heavy atom. The van der Waals surface area contributed by atoms with Gasteiger partial charge < -0.3 is 25.6 Å². The summed E-state index contributed by atoms with van der Waals surface area (Å²) in [6, 6.07) is -0.973. The summed E-state index contributed by atoms with van der Waals surface area (Å²) in [4.78, 5) is 40.1. The number of rotatable bonds is 35. The van der Waals surface area contributed by atoms with Crippen LogP contribution < -0.4 is 10.6 Å². The predicted octanol–water partition coefficient (Wildman–Crippen LogP) is 8.80. The Balaban J connectivity index is 2.30. The third-order valence-electron chi connectivity index (χ3n) is 9.77. The Hall–Kier alpha value is -2.75. The molecule has 0 radical (unpaired) electrons. The Kier molecular flexibility index (Phi) is 32.8. The minimum atomic E-state index is -0.973. The highest BCUT2D eigenvalue weighted by Gasteiger charge is 2.31. The summed E-state index contributed by atoms with van der Waals surface area (Å²) < 4.78 is 5.54. The van der Waals surface area contributed by atoms with Crippen LogP contribution in [-0.2, 0) is 19.1 Å². The largest absolute Gasteiger partial charge is 0.464 e. The molecule has 1 fully saturated rings. The van der Waals surface area contributed by atoms with Crippen molar-refractivity contribution in [1.29, 1.82) is 0 Å². The molecule has 9 nitrogen and oxygen atoms in total. The lowest BCUT2D eigenvalue weighted by molar-refractivity contribution is -0.148. The lowest BCUT2D eigenvalue weighted by atomic mass is 10.1. The molecule has 2 amide bonds. The second kappa shape index (κ2) is 35.9. The first-order chi connectivity index (χ1) is 26.4. The van der Waals surface area contributed by atoms with Crippen molar-refractivity contribution < 1.29 is 29.3 Å². The Morgan fingerprint density at radius 1 is 0.611 bits per heavy atom. The van der Waals surface area contributed by atoms with E-state index in [4.69, 9.17) is 4.74 Å². The van der Waals surface area contributed by atoms with Gasteiger partial charge in [-0.3, -0.25) is 14.5 Å². The van der Waals surface area contributed by atoms with E-state index in [0.717, 1.165) is 83.5 Å². The monoisotopic (exact) mass is 758 g/mol. The van der Waals surface area contributed by atoms with Crippen LogP contribution in [0, 0.1) is 0 Å². The van der Waals surface area contributed by atoms with Gasteiger partial charge in [0.1, 0.15) is 6.04 Å². The fraction of sp³-hybridized carbons (Fsp3) is 0.756. The molecule has 0 bridgehead atoms. The average molecular weight is 758 g/mol. The molecule has 0 unspecified atom stereocenters. The minimum absolute atomic E-state index is 0.0113. The number of hydrogen-bond donors (Lipinski definition) is 4. The van der Waals surface area contributed by atoms with Gasteiger partial charge in [-0.25, -0.2) is 4.79 Å². The molecule has 0 aromatic carbocycles. The third kappa shape index (κ3) is 29.6. The Bertz CT molecular complexity index is 1050. The lowest BCUT2D eigenvalue weighted by Gasteiger charge is -2.20. The van der Waals surface area contributed by atoms with E-state index < -0.39 is 24.2 Å². The molecule has 1 heterocycles. The number of aliphatic hydroxyl groups excluding tert-OH is 2. The van der Waals surface area contributed by atoms with Crippen LogP contribution in [0.5, 0.6) is 0 Å². The predicted molar refractivity (Wildman–Crippen MR) is 223 cm³/mol. The second-order valence-electron chi connectivity index (χ2n) is 15.0. The Labute approximate surface area is 329 Å². The van der Waals surface area contributed by atoms with Gasteiger partial charge in [0.25, 0.3) is 0 Å². The molecule has 4 N–H and O–H groups in total. The van der Waals surface area contributed by atoms with Gasteiger partial charge in [0.2, 0.25) is 11.8 Å². The number of nitrogens with one attached hydrogen (secondary N) is 2. The molecule has 54 heavy (non-hydrogen) atoms. The van der Waals surface area contributed by atoms with Crippen molar-refractivity contribution in [3.63, 3.8) is 0 Å². The second-order valence-corrected chi connectivity index (χ2v) is 15.0. The van der Waals surface area contributed by atoms with E-state index in [1.165, 1.54) is 64.2 Å². The molecule has 1 aliphatic rings. The first-order valence-electron chi connectivity index (χ1n) is 21.8. The van der Waals surface area contributed by atoms with Gasteiger partial charge >= 0.3 is 5.97 Å². The van der Waals surface area contributed by atoms with E-state index in [1.807, 2.05) is 0 Å². The number of amides is 2. The van der Waals surface area contributed by atoms with Gasteiger partial charge in [-0.2, -0.15) is 0 Å². The van der Waals surface area contributed by atoms with E-state index >= 15 is 0 Å². The summed E-state index contributed by atoms with van der Waals surface area (Å²) in [5.74, 6) is -1.11. The summed E-state index contributed by atoms with van der Waals surface area (Å²) in [6.45, 7) is 5.07. The summed E-state index contributed by atoms with van der Waals surface area (Å²) >= 11 is 0. The quantitative estimate of drug-likeness (QED) is 0.0289. The van der Waals surface area contributed by atoms with Crippen LogP contribution in [0.1, 0.15) is 168 Å². The molecule has 0 aliphatic carbocycles. The van der Waals surface area contributed by atoms with E-state index in [1.54, 1.807) is 4.90 Å². The maximum atomic E-state index is 13.0. The zero-order valence-electron chi connectivity index (χ0n) is 34.3. The first-order valence-corrected chi connectivity index (χ1v) is 21.8. The molecule has 1 rings (SSSR count). The molecule has 9 heteroatoms. The van der Waals surface area contributed by atoms with Gasteiger partial charge in [0.15, 0.2) is 0 Å². The van der Waals surface area contributed by atoms with Crippen molar-refractivity contribution >= 4 is 17.8 Å². The van der Waals surface area contributed by atoms with Crippen molar-refractivity contribution in [3.8, 4) is 0 Å². The van der Waals surface area contributed by atoms with Crippen LogP contribution in [0.15, 0.2) is 48.6 Å². The summed E-state index contributed by atoms with van der Waals surface area (Å²) in [6.07, 6.45) is 42.3. The van der Waals surface area contributed by atoms with Crippen LogP contribution in [0.3, 0.4) is 0 Å². The maximum absolute atomic E-state index is 13.0. The summed E-state index contributed by atoms with van der Waals surface area (Å²) in [7, 11) is 0. The molecule has 0 aromatic heterocycles. The minimum Gasteiger partial charge on any atom is -0.464 e. The molecule has 1 saturated heterocycles. The van der Waals surface area contributed by atoms with Gasteiger partial charge in [0.05, 0.1) is 25.4 Å². The summed E-state index contributed by atoms with van der Waals surface area (Å²) in [5.41, 5.74) is 0. The molecule has 0 spiro atoms. The number of ether oxygens (including phenoxy) is 1. The topological polar surface area (TPSA) is 128 Å². The zero-order valence-corrected chi connectivity index (χ0v) is 34.3. The first kappa shape index (κ1) is 49.3. The van der Waals surface area contributed by atoms with Crippen molar-refractivity contribution in [2.24, 2.45) is 0 Å². The zero-order chi connectivity index (χ0) is 39.3. The van der Waals surface area contributed by atoms with Crippen molar-refractivity contribution in [1.82, 2.24) is 15.5 Å². The number of esters is 1. The highest BCUT2D eigenvalue weighted by molar-refractivity contribution is 5.85. The van der Waals surface area contributed by atoms with Gasteiger partial charge in [0, 0.05) is 26.1 Å². The van der Waals surface area contributed by atoms with E-state index in [0.29, 0.717) is 6.42 Å². The van der Waals surface area contributed by atoms with Crippen molar-refractivity contribution in [2.75, 3.05) is 32.8 Å². The Morgan fingerprint density at radius 3 is 1.56 bits per heavy atom. The SMILES string of the molecule is CCCCC/C=C\C/C=C\CCCCCCCCOC(=O)[C@H](CNC(=O)CN1C[C@@H](O)[C@@H](O)C1)NC(=O)CCCCCCC/C=C\C/C=C\CCCCC. The molecule has 3 atom stereocenters. The number of carbonyl (C=O) groups is 3. The van der Waals surface area contributed by atoms with Gasteiger partial charge in [-0.1, -0.05) is 133 Å². The molecule has 310 valence electrons. The molecular weight excluding hydrogens is 679 g/mol. The highest BCUT2D eigenvalue weighted by Crippen LogP contribution is 2.11. The fourth-order valence-corrected chi connectivity index (χ4v) is 6.37. The fourth-order valence-electron chi connectivity index (χ4n) is 6.37. The molecule has 0 saturated carbocycles. The van der Waals surface area contributed by atoms with Crippen LogP contribution >= 0.6 is 0 Å². The maximum Gasteiger partial charge on any atom is 0.330 e. The van der Waals surface area contributed by atoms with Crippen molar-refractivity contribution in [3.05, 3.63) is 48.6 Å².